The molecule has 2 aromatic rings. The zero-order chi connectivity index (χ0) is 17.2. The van der Waals surface area contributed by atoms with Crippen LogP contribution in [0.1, 0.15) is 24.1 Å². The Labute approximate surface area is 130 Å². The molecule has 1 N–H and O–H groups in total. The minimum atomic E-state index is -4.58. The fraction of sp³-hybridized carbons (Fsp3) is 0.250. The summed E-state index contributed by atoms with van der Waals surface area (Å²) in [5, 5.41) is 2.57. The van der Waals surface area contributed by atoms with Gasteiger partial charge in [0.25, 0.3) is 5.56 Å². The summed E-state index contributed by atoms with van der Waals surface area (Å²) in [6, 6.07) is 7.35. The Kier molecular flexibility index (Phi) is 4.58. The number of aryl methyl sites for hydroxylation is 1. The van der Waals surface area contributed by atoms with Gasteiger partial charge in [-0.05, 0) is 32.0 Å². The fourth-order valence-corrected chi connectivity index (χ4v) is 1.98. The number of anilines is 1. The van der Waals surface area contributed by atoms with Gasteiger partial charge in [-0.25, -0.2) is 0 Å². The number of benzene rings is 1. The lowest BCUT2D eigenvalue weighted by atomic mass is 10.2. The summed E-state index contributed by atoms with van der Waals surface area (Å²) in [4.78, 5) is 23.9. The first kappa shape index (κ1) is 16.8. The Bertz CT molecular complexity index is 764. The number of nitrogens with zero attached hydrogens (tertiary/aromatic N) is 1. The first-order valence-corrected chi connectivity index (χ1v) is 6.85. The summed E-state index contributed by atoms with van der Waals surface area (Å²) in [6.07, 6.45) is -3.93. The van der Waals surface area contributed by atoms with Crippen LogP contribution in [0.2, 0.25) is 0 Å². The zero-order valence-corrected chi connectivity index (χ0v) is 12.5. The van der Waals surface area contributed by atoms with Crippen LogP contribution < -0.4 is 10.9 Å². The molecule has 0 bridgehead atoms. The van der Waals surface area contributed by atoms with Crippen molar-refractivity contribution in [3.05, 3.63) is 64.1 Å². The highest BCUT2D eigenvalue weighted by Gasteiger charge is 2.32. The number of rotatable bonds is 3. The number of hydrogen-bond donors (Lipinski definition) is 1. The molecular formula is C16H15F3N2O2. The largest absolute Gasteiger partial charge is 0.417 e. The second-order valence-corrected chi connectivity index (χ2v) is 5.19. The van der Waals surface area contributed by atoms with Gasteiger partial charge in [-0.1, -0.05) is 17.7 Å². The van der Waals surface area contributed by atoms with Gasteiger partial charge in [-0.15, -0.1) is 0 Å². The number of alkyl halides is 3. The average molecular weight is 324 g/mol. The molecule has 0 saturated carbocycles. The van der Waals surface area contributed by atoms with Crippen molar-refractivity contribution in [3.8, 4) is 0 Å². The van der Waals surface area contributed by atoms with Crippen molar-refractivity contribution in [2.75, 3.05) is 5.32 Å². The molecule has 0 aliphatic rings. The molecule has 2 rings (SSSR count). The van der Waals surface area contributed by atoms with E-state index in [-0.39, 0.29) is 0 Å². The minimum Gasteiger partial charge on any atom is -0.324 e. The molecule has 1 aromatic carbocycles. The Balaban J connectivity index is 2.25. The van der Waals surface area contributed by atoms with Gasteiger partial charge in [0.2, 0.25) is 5.91 Å². The monoisotopic (exact) mass is 324 g/mol. The third-order valence-corrected chi connectivity index (χ3v) is 3.38. The van der Waals surface area contributed by atoms with Crippen molar-refractivity contribution in [2.45, 2.75) is 26.1 Å². The maximum atomic E-state index is 12.7. The van der Waals surface area contributed by atoms with Crippen LogP contribution in [0.25, 0.3) is 0 Å². The van der Waals surface area contributed by atoms with E-state index in [1.54, 1.807) is 24.3 Å². The predicted octanol–water partition coefficient (Wildman–Crippen LogP) is 3.38. The molecule has 122 valence electrons. The summed E-state index contributed by atoms with van der Waals surface area (Å²) in [5.41, 5.74) is -0.144. The molecule has 7 heteroatoms. The number of pyridine rings is 1. The molecule has 23 heavy (non-hydrogen) atoms. The van der Waals surface area contributed by atoms with Crippen LogP contribution in [0, 0.1) is 6.92 Å². The summed E-state index contributed by atoms with van der Waals surface area (Å²) in [5.74, 6) is -0.574. The SMILES string of the molecule is Cc1ccc(NC(=O)C(C)n2cc(C(F)(F)F)ccc2=O)cc1. The van der Waals surface area contributed by atoms with E-state index in [9.17, 15) is 22.8 Å². The number of hydrogen-bond acceptors (Lipinski definition) is 2. The minimum absolute atomic E-state index is 0.507. The molecule has 0 spiro atoms. The van der Waals surface area contributed by atoms with Gasteiger partial charge in [-0.2, -0.15) is 13.2 Å². The second-order valence-electron chi connectivity index (χ2n) is 5.19. The number of carbonyl (C=O) groups is 1. The molecule has 0 saturated heterocycles. The van der Waals surface area contributed by atoms with E-state index in [1.165, 1.54) is 6.92 Å². The second kappa shape index (κ2) is 6.28. The van der Waals surface area contributed by atoms with E-state index in [0.29, 0.717) is 18.0 Å². The van der Waals surface area contributed by atoms with Crippen LogP contribution in [0.15, 0.2) is 47.4 Å². The smallest absolute Gasteiger partial charge is 0.324 e. The molecule has 0 aliphatic carbocycles. The number of halogens is 3. The highest BCUT2D eigenvalue weighted by Crippen LogP contribution is 2.28. The average Bonchev–Trinajstić information content (AvgIpc) is 2.48. The van der Waals surface area contributed by atoms with Crippen molar-refractivity contribution in [1.82, 2.24) is 4.57 Å². The van der Waals surface area contributed by atoms with E-state index in [0.717, 1.165) is 16.2 Å². The highest BCUT2D eigenvalue weighted by molar-refractivity contribution is 5.93. The molecule has 1 amide bonds. The first-order valence-electron chi connectivity index (χ1n) is 6.85. The van der Waals surface area contributed by atoms with Gasteiger partial charge in [0.1, 0.15) is 6.04 Å². The van der Waals surface area contributed by atoms with Gasteiger partial charge in [0.15, 0.2) is 0 Å². The molecule has 0 aliphatic heterocycles. The van der Waals surface area contributed by atoms with Crippen molar-refractivity contribution in [3.63, 3.8) is 0 Å². The van der Waals surface area contributed by atoms with E-state index in [2.05, 4.69) is 5.32 Å². The van der Waals surface area contributed by atoms with Gasteiger partial charge in [-0.3, -0.25) is 9.59 Å². The van der Waals surface area contributed by atoms with Crippen molar-refractivity contribution >= 4 is 11.6 Å². The van der Waals surface area contributed by atoms with Crippen LogP contribution >= 0.6 is 0 Å². The molecule has 1 unspecified atom stereocenters. The van der Waals surface area contributed by atoms with E-state index in [4.69, 9.17) is 0 Å². The third-order valence-electron chi connectivity index (χ3n) is 3.38. The van der Waals surface area contributed by atoms with Crippen LogP contribution in [0.5, 0.6) is 0 Å². The number of aromatic nitrogens is 1. The maximum absolute atomic E-state index is 12.7. The van der Waals surface area contributed by atoms with Gasteiger partial charge in [0.05, 0.1) is 5.56 Å². The van der Waals surface area contributed by atoms with E-state index < -0.39 is 29.2 Å². The Morgan fingerprint density at radius 2 is 1.74 bits per heavy atom. The predicted molar refractivity (Wildman–Crippen MR) is 80.2 cm³/mol. The summed E-state index contributed by atoms with van der Waals surface area (Å²) < 4.78 is 39.0. The van der Waals surface area contributed by atoms with Gasteiger partial charge >= 0.3 is 6.18 Å². The third kappa shape index (κ3) is 4.00. The lowest BCUT2D eigenvalue weighted by Crippen LogP contribution is -2.31. The Morgan fingerprint density at radius 3 is 2.30 bits per heavy atom. The van der Waals surface area contributed by atoms with Gasteiger partial charge < -0.3 is 9.88 Å². The quantitative estimate of drug-likeness (QED) is 0.941. The number of nitrogens with one attached hydrogen (secondary N) is 1. The standard InChI is InChI=1S/C16H15F3N2O2/c1-10-3-6-13(7-4-10)20-15(23)11(2)21-9-12(16(17,18)19)5-8-14(21)22/h3-9,11H,1-2H3,(H,20,23). The summed E-state index contributed by atoms with van der Waals surface area (Å²) in [7, 11) is 0. The van der Waals surface area contributed by atoms with Crippen molar-refractivity contribution in [2.24, 2.45) is 0 Å². The zero-order valence-electron chi connectivity index (χ0n) is 12.5. The molecule has 1 atom stereocenters. The van der Waals surface area contributed by atoms with Crippen molar-refractivity contribution < 1.29 is 18.0 Å². The Morgan fingerprint density at radius 1 is 1.13 bits per heavy atom. The maximum Gasteiger partial charge on any atom is 0.417 e. The molecule has 0 radical (unpaired) electrons. The van der Waals surface area contributed by atoms with Crippen LogP contribution in [0.4, 0.5) is 18.9 Å². The van der Waals surface area contributed by atoms with E-state index in [1.807, 2.05) is 6.92 Å². The molecular weight excluding hydrogens is 309 g/mol. The van der Waals surface area contributed by atoms with Crippen LogP contribution in [-0.4, -0.2) is 10.5 Å². The van der Waals surface area contributed by atoms with E-state index >= 15 is 0 Å². The normalized spacial score (nSPS) is 12.7. The van der Waals surface area contributed by atoms with Gasteiger partial charge in [0, 0.05) is 18.0 Å². The van der Waals surface area contributed by atoms with Crippen molar-refractivity contribution in [1.29, 1.82) is 0 Å². The van der Waals surface area contributed by atoms with Crippen LogP contribution in [-0.2, 0) is 11.0 Å². The van der Waals surface area contributed by atoms with Crippen LogP contribution in [0.3, 0.4) is 0 Å². The summed E-state index contributed by atoms with van der Waals surface area (Å²) >= 11 is 0. The molecule has 0 fully saturated rings. The number of carbonyl (C=O) groups excluding carboxylic acids is 1. The lowest BCUT2D eigenvalue weighted by Gasteiger charge is -2.17. The number of amides is 1. The Hall–Kier alpha value is -2.57. The molecule has 1 aromatic heterocycles. The fourth-order valence-electron chi connectivity index (χ4n) is 1.98. The topological polar surface area (TPSA) is 51.1 Å². The molecule has 1 heterocycles. The summed E-state index contributed by atoms with van der Waals surface area (Å²) in [6.45, 7) is 3.25. The highest BCUT2D eigenvalue weighted by atomic mass is 19.4. The lowest BCUT2D eigenvalue weighted by molar-refractivity contribution is -0.138. The first-order chi connectivity index (χ1) is 10.7. The molecule has 4 nitrogen and oxygen atoms in total.